The molecule has 15 heavy (non-hydrogen) atoms. The van der Waals surface area contributed by atoms with Crippen LogP contribution < -0.4 is 0 Å². The summed E-state index contributed by atoms with van der Waals surface area (Å²) < 4.78 is 16.1. The van der Waals surface area contributed by atoms with Crippen LogP contribution in [0.5, 0.6) is 0 Å². The molecule has 0 radical (unpaired) electrons. The molecule has 1 heterocycles. The molecule has 0 aromatic heterocycles. The fraction of sp³-hybridized carbons (Fsp3) is 1.00. The first-order valence-electron chi connectivity index (χ1n) is 5.19. The van der Waals surface area contributed by atoms with Crippen LogP contribution in [0.1, 0.15) is 0 Å². The number of rotatable bonds is 1. The summed E-state index contributed by atoms with van der Waals surface area (Å²) in [7, 11) is 4.68. The normalized spacial score (nSPS) is 25.0. The lowest BCUT2D eigenvalue weighted by molar-refractivity contribution is 0.166. The van der Waals surface area contributed by atoms with Gasteiger partial charge in [0.25, 0.3) is 0 Å². The molecule has 0 aliphatic carbocycles. The number of hydrogen-bond acceptors (Lipinski definition) is 5. The van der Waals surface area contributed by atoms with Gasteiger partial charge in [-0.05, 0) is 14.1 Å². The lowest BCUT2D eigenvalue weighted by Gasteiger charge is -2.20. The van der Waals surface area contributed by atoms with E-state index < -0.39 is 8.60 Å². The van der Waals surface area contributed by atoms with Gasteiger partial charge in [0, 0.05) is 33.3 Å². The minimum atomic E-state index is -1.15. The molecule has 0 aromatic rings. The summed E-state index contributed by atoms with van der Waals surface area (Å²) in [4.78, 5) is 4.51. The van der Waals surface area contributed by atoms with Crippen LogP contribution in [0.4, 0.5) is 0 Å². The van der Waals surface area contributed by atoms with Crippen LogP contribution in [0, 0.1) is 0 Å². The Morgan fingerprint density at radius 1 is 0.933 bits per heavy atom. The van der Waals surface area contributed by atoms with Gasteiger partial charge in [0.2, 0.25) is 0 Å². The van der Waals surface area contributed by atoms with Gasteiger partial charge >= 0.3 is 8.60 Å². The highest BCUT2D eigenvalue weighted by atomic mass is 31.2. The van der Waals surface area contributed by atoms with E-state index >= 15 is 0 Å². The van der Waals surface area contributed by atoms with E-state index in [-0.39, 0.29) is 0 Å². The maximum atomic E-state index is 5.49. The van der Waals surface area contributed by atoms with E-state index in [2.05, 4.69) is 23.9 Å². The maximum Gasteiger partial charge on any atom is 0.332 e. The summed E-state index contributed by atoms with van der Waals surface area (Å²) in [6, 6.07) is 0. The molecule has 0 unspecified atom stereocenters. The molecular formula is C9H21N2O3P. The van der Waals surface area contributed by atoms with E-state index in [1.54, 1.807) is 7.11 Å². The topological polar surface area (TPSA) is 34.2 Å². The first-order chi connectivity index (χ1) is 7.22. The zero-order chi connectivity index (χ0) is 11.1. The molecule has 1 aliphatic rings. The van der Waals surface area contributed by atoms with E-state index in [0.29, 0.717) is 13.2 Å². The zero-order valence-corrected chi connectivity index (χ0v) is 10.7. The second-order valence-electron chi connectivity index (χ2n) is 3.68. The van der Waals surface area contributed by atoms with Gasteiger partial charge < -0.3 is 23.4 Å². The van der Waals surface area contributed by atoms with E-state index in [0.717, 1.165) is 26.2 Å². The molecule has 1 rings (SSSR count). The van der Waals surface area contributed by atoms with Crippen molar-refractivity contribution in [3.8, 4) is 0 Å². The highest BCUT2D eigenvalue weighted by molar-refractivity contribution is 7.41. The molecule has 0 atom stereocenters. The third-order valence-corrected chi connectivity index (χ3v) is 3.44. The molecule has 5 nitrogen and oxygen atoms in total. The van der Waals surface area contributed by atoms with Crippen molar-refractivity contribution in [2.24, 2.45) is 0 Å². The zero-order valence-electron chi connectivity index (χ0n) is 9.81. The molecule has 0 saturated carbocycles. The summed E-state index contributed by atoms with van der Waals surface area (Å²) in [5.74, 6) is 0. The van der Waals surface area contributed by atoms with Gasteiger partial charge in [-0.3, -0.25) is 0 Å². The Morgan fingerprint density at radius 3 is 1.80 bits per heavy atom. The van der Waals surface area contributed by atoms with Gasteiger partial charge in [0.15, 0.2) is 0 Å². The van der Waals surface area contributed by atoms with E-state index in [4.69, 9.17) is 13.6 Å². The first-order valence-corrected chi connectivity index (χ1v) is 6.29. The smallest absolute Gasteiger partial charge is 0.316 e. The quantitative estimate of drug-likeness (QED) is 0.628. The van der Waals surface area contributed by atoms with Crippen LogP contribution >= 0.6 is 8.60 Å². The fourth-order valence-corrected chi connectivity index (χ4v) is 2.00. The van der Waals surface area contributed by atoms with Crippen molar-refractivity contribution in [1.82, 2.24) is 9.80 Å². The lowest BCUT2D eigenvalue weighted by atomic mass is 10.4. The van der Waals surface area contributed by atoms with Crippen LogP contribution in [0.15, 0.2) is 0 Å². The third kappa shape index (κ3) is 5.76. The van der Waals surface area contributed by atoms with Gasteiger partial charge in [-0.2, -0.15) is 0 Å². The minimum absolute atomic E-state index is 0.666. The number of likely N-dealkylation sites (N-methyl/N-ethyl adjacent to an activating group) is 2. The van der Waals surface area contributed by atoms with Crippen LogP contribution in [-0.2, 0) is 13.6 Å². The lowest BCUT2D eigenvalue weighted by Crippen LogP contribution is -2.33. The van der Waals surface area contributed by atoms with Crippen LogP contribution in [0.25, 0.3) is 0 Å². The molecule has 0 bridgehead atoms. The molecule has 0 spiro atoms. The predicted molar refractivity (Wildman–Crippen MR) is 60.8 cm³/mol. The average Bonchev–Trinajstić information content (AvgIpc) is 2.26. The van der Waals surface area contributed by atoms with Crippen molar-refractivity contribution in [1.29, 1.82) is 0 Å². The van der Waals surface area contributed by atoms with E-state index in [1.165, 1.54) is 0 Å². The highest BCUT2D eigenvalue weighted by Crippen LogP contribution is 2.38. The number of nitrogens with zero attached hydrogens (tertiary/aromatic N) is 2. The summed E-state index contributed by atoms with van der Waals surface area (Å²) in [5.41, 5.74) is 0. The minimum Gasteiger partial charge on any atom is -0.316 e. The molecule has 1 saturated heterocycles. The Hall–Kier alpha value is 0.230. The van der Waals surface area contributed by atoms with Gasteiger partial charge in [-0.15, -0.1) is 0 Å². The number of hydrogen-bond donors (Lipinski definition) is 0. The van der Waals surface area contributed by atoms with Gasteiger partial charge in [0.05, 0.1) is 13.2 Å². The summed E-state index contributed by atoms with van der Waals surface area (Å²) in [5, 5.41) is 0. The Balaban J connectivity index is 2.37. The van der Waals surface area contributed by atoms with Gasteiger partial charge in [-0.25, -0.2) is 0 Å². The fourth-order valence-electron chi connectivity index (χ4n) is 1.25. The molecule has 0 N–H and O–H groups in total. The Kier molecular flexibility index (Phi) is 6.64. The van der Waals surface area contributed by atoms with Crippen LogP contribution in [0.2, 0.25) is 0 Å². The molecule has 0 aromatic carbocycles. The molecule has 6 heteroatoms. The monoisotopic (exact) mass is 236 g/mol. The molecule has 90 valence electrons. The Labute approximate surface area is 93.3 Å². The highest BCUT2D eigenvalue weighted by Gasteiger charge is 2.13. The summed E-state index contributed by atoms with van der Waals surface area (Å²) >= 11 is 0. The third-order valence-electron chi connectivity index (χ3n) is 2.35. The molecule has 1 aliphatic heterocycles. The van der Waals surface area contributed by atoms with Gasteiger partial charge in [0.1, 0.15) is 0 Å². The van der Waals surface area contributed by atoms with Crippen molar-refractivity contribution >= 4 is 8.60 Å². The SMILES string of the molecule is COP1OCCN(C)CCN(C)CCO1. The maximum absolute atomic E-state index is 5.49. The van der Waals surface area contributed by atoms with Crippen molar-refractivity contribution in [3.63, 3.8) is 0 Å². The summed E-state index contributed by atoms with van der Waals surface area (Å²) in [6.07, 6.45) is 0. The summed E-state index contributed by atoms with van der Waals surface area (Å²) in [6.45, 7) is 5.29. The average molecular weight is 236 g/mol. The van der Waals surface area contributed by atoms with E-state index in [1.807, 2.05) is 0 Å². The standard InChI is InChI=1S/C9H21N2O3P/c1-10-4-5-11(2)7-9-14-15(12-3)13-8-6-10/h4-9H2,1-3H3. The van der Waals surface area contributed by atoms with Crippen molar-refractivity contribution in [2.75, 3.05) is 60.6 Å². The van der Waals surface area contributed by atoms with Crippen molar-refractivity contribution < 1.29 is 13.6 Å². The van der Waals surface area contributed by atoms with Crippen molar-refractivity contribution in [2.45, 2.75) is 0 Å². The molecule has 0 amide bonds. The predicted octanol–water partition coefficient (Wildman–Crippen LogP) is 0.770. The van der Waals surface area contributed by atoms with Crippen LogP contribution in [0.3, 0.4) is 0 Å². The molecular weight excluding hydrogens is 215 g/mol. The Bertz CT molecular complexity index is 157. The second kappa shape index (κ2) is 7.49. The van der Waals surface area contributed by atoms with Crippen LogP contribution in [-0.4, -0.2) is 70.4 Å². The van der Waals surface area contributed by atoms with Crippen molar-refractivity contribution in [3.05, 3.63) is 0 Å². The largest absolute Gasteiger partial charge is 0.332 e. The second-order valence-corrected chi connectivity index (χ2v) is 5.01. The van der Waals surface area contributed by atoms with E-state index in [9.17, 15) is 0 Å². The van der Waals surface area contributed by atoms with Gasteiger partial charge in [-0.1, -0.05) is 0 Å². The molecule has 1 fully saturated rings. The Morgan fingerprint density at radius 2 is 1.40 bits per heavy atom. The first kappa shape index (κ1) is 13.3.